The molecule has 0 aliphatic carbocycles. The number of hydrogen-bond donors (Lipinski definition) is 1. The smallest absolute Gasteiger partial charge is 0.156 e. The molecule has 1 fully saturated rings. The molecule has 0 saturated carbocycles. The molecule has 0 amide bonds. The first-order valence-electron chi connectivity index (χ1n) is 15.0. The Balaban J connectivity index is 1.93. The lowest BCUT2D eigenvalue weighted by atomic mass is 9.88. The van der Waals surface area contributed by atoms with Crippen molar-refractivity contribution in [3.63, 3.8) is 0 Å². The van der Waals surface area contributed by atoms with Crippen molar-refractivity contribution in [1.29, 1.82) is 5.26 Å². The van der Waals surface area contributed by atoms with Crippen molar-refractivity contribution < 1.29 is 0 Å². The molecule has 1 N–H and O–H groups in total. The van der Waals surface area contributed by atoms with E-state index >= 15 is 0 Å². The van der Waals surface area contributed by atoms with Crippen LogP contribution in [0.5, 0.6) is 0 Å². The van der Waals surface area contributed by atoms with Gasteiger partial charge in [-0.1, -0.05) is 77.7 Å². The number of benzene rings is 1. The summed E-state index contributed by atoms with van der Waals surface area (Å²) in [4.78, 5) is 2.62. The minimum absolute atomic E-state index is 0.593. The molecule has 3 unspecified atom stereocenters. The van der Waals surface area contributed by atoms with E-state index in [1.807, 2.05) is 26.0 Å². The number of allylic oxidation sites excluding steroid dienone is 2. The van der Waals surface area contributed by atoms with Crippen LogP contribution in [-0.2, 0) is 6.54 Å². The molecular weight excluding hydrogens is 478 g/mol. The minimum Gasteiger partial charge on any atom is -0.371 e. The summed E-state index contributed by atoms with van der Waals surface area (Å²) in [7, 11) is 0. The van der Waals surface area contributed by atoms with Gasteiger partial charge in [0, 0.05) is 35.8 Å². The van der Waals surface area contributed by atoms with Crippen molar-refractivity contribution in [3.05, 3.63) is 62.8 Å². The van der Waals surface area contributed by atoms with E-state index in [-0.39, 0.29) is 0 Å². The van der Waals surface area contributed by atoms with Gasteiger partial charge in [0.05, 0.1) is 17.3 Å². The minimum atomic E-state index is 0.593. The van der Waals surface area contributed by atoms with Crippen molar-refractivity contribution in [2.24, 2.45) is 17.8 Å². The van der Waals surface area contributed by atoms with Gasteiger partial charge in [0.25, 0.3) is 0 Å². The maximum absolute atomic E-state index is 9.45. The van der Waals surface area contributed by atoms with Crippen LogP contribution in [0.1, 0.15) is 95.5 Å². The highest BCUT2D eigenvalue weighted by Gasteiger charge is 2.31. The maximum Gasteiger partial charge on any atom is 0.156 e. The molecule has 1 aromatic heterocycles. The van der Waals surface area contributed by atoms with Crippen LogP contribution in [0.4, 0.5) is 5.82 Å². The number of anilines is 1. The highest BCUT2D eigenvalue weighted by molar-refractivity contribution is 5.55. The molecule has 2 heterocycles. The number of nitrogens with zero attached hydrogens (tertiary/aromatic N) is 4. The first-order chi connectivity index (χ1) is 18.9. The lowest BCUT2D eigenvalue weighted by Crippen LogP contribution is -2.34. The molecule has 5 nitrogen and oxygen atoms in total. The molecule has 0 bridgehead atoms. The molecule has 39 heavy (non-hydrogen) atoms. The van der Waals surface area contributed by atoms with Gasteiger partial charge in [-0.3, -0.25) is 0 Å². The van der Waals surface area contributed by atoms with Crippen LogP contribution in [0.15, 0.2) is 30.0 Å². The Bertz CT molecular complexity index is 1290. The van der Waals surface area contributed by atoms with Crippen LogP contribution in [0.2, 0.25) is 0 Å². The van der Waals surface area contributed by atoms with Crippen molar-refractivity contribution in [3.8, 4) is 6.07 Å². The average molecular weight is 528 g/mol. The van der Waals surface area contributed by atoms with Gasteiger partial charge in [0.1, 0.15) is 0 Å². The van der Waals surface area contributed by atoms with Crippen LogP contribution in [0.25, 0.3) is 12.2 Å². The van der Waals surface area contributed by atoms with Crippen LogP contribution >= 0.6 is 0 Å². The molecule has 1 aliphatic rings. The zero-order valence-corrected chi connectivity index (χ0v) is 25.3. The van der Waals surface area contributed by atoms with E-state index in [4.69, 9.17) is 0 Å². The number of nitriles is 1. The topological polar surface area (TPSA) is 64.8 Å². The maximum atomic E-state index is 9.45. The standard InChI is InChI=1S/C34H49N5/c1-8-14-31(39-22-27(10-3)30(23-39)18-12-15-24(5)9-2)19-33-32(11-4)26(7)37-38-34(33)36-21-29-17-13-16-28(20-35)25(29)6/h11,13-14,16-17,19,24,27,30H,8-10,12,15,18,21-23H2,1-7H3,(H,36,38)/b31-14-,32-11-,33-19+. The summed E-state index contributed by atoms with van der Waals surface area (Å²) in [5.74, 6) is 3.12. The Morgan fingerprint density at radius 2 is 1.92 bits per heavy atom. The van der Waals surface area contributed by atoms with E-state index in [0.717, 1.165) is 70.3 Å². The molecule has 2 aromatic rings. The molecule has 5 heteroatoms. The zero-order chi connectivity index (χ0) is 28.4. The number of likely N-dealkylation sites (tertiary alicyclic amines) is 1. The lowest BCUT2D eigenvalue weighted by Gasteiger charge is -2.21. The first-order valence-corrected chi connectivity index (χ1v) is 15.0. The number of aromatic nitrogens is 2. The second kappa shape index (κ2) is 14.9. The van der Waals surface area contributed by atoms with Crippen LogP contribution in [-0.4, -0.2) is 28.2 Å². The highest BCUT2D eigenvalue weighted by atomic mass is 15.2. The lowest BCUT2D eigenvalue weighted by molar-refractivity contribution is 0.353. The Kier molecular flexibility index (Phi) is 11.6. The predicted octanol–water partition coefficient (Wildman–Crippen LogP) is 6.63. The summed E-state index contributed by atoms with van der Waals surface area (Å²) < 4.78 is 0. The number of nitrogens with one attached hydrogen (secondary N) is 1. The second-order valence-electron chi connectivity index (χ2n) is 11.3. The molecule has 1 saturated heterocycles. The van der Waals surface area contributed by atoms with Gasteiger partial charge in [-0.2, -0.15) is 10.4 Å². The Hall–Kier alpha value is -3.13. The van der Waals surface area contributed by atoms with Crippen molar-refractivity contribution in [1.82, 2.24) is 15.1 Å². The van der Waals surface area contributed by atoms with E-state index < -0.39 is 0 Å². The van der Waals surface area contributed by atoms with Gasteiger partial charge in [0.2, 0.25) is 0 Å². The third-order valence-electron chi connectivity index (χ3n) is 8.68. The number of rotatable bonds is 12. The largest absolute Gasteiger partial charge is 0.371 e. The molecule has 0 spiro atoms. The Labute approximate surface area is 236 Å². The fourth-order valence-corrected chi connectivity index (χ4v) is 5.88. The Morgan fingerprint density at radius 1 is 1.15 bits per heavy atom. The summed E-state index contributed by atoms with van der Waals surface area (Å²) in [6, 6.07) is 8.18. The number of aryl methyl sites for hydroxylation is 1. The summed E-state index contributed by atoms with van der Waals surface area (Å²) in [5, 5.41) is 24.3. The van der Waals surface area contributed by atoms with Gasteiger partial charge in [-0.05, 0) is 74.6 Å². The zero-order valence-electron chi connectivity index (χ0n) is 25.3. The molecule has 3 atom stereocenters. The fourth-order valence-electron chi connectivity index (χ4n) is 5.88. The van der Waals surface area contributed by atoms with E-state index in [1.54, 1.807) is 0 Å². The third-order valence-corrected chi connectivity index (χ3v) is 8.68. The van der Waals surface area contributed by atoms with Crippen molar-refractivity contribution in [2.75, 3.05) is 18.4 Å². The van der Waals surface area contributed by atoms with Crippen LogP contribution < -0.4 is 15.8 Å². The normalized spacial score (nSPS) is 19.4. The fraction of sp³-hybridized carbons (Fsp3) is 0.559. The summed E-state index contributed by atoms with van der Waals surface area (Å²) >= 11 is 0. The van der Waals surface area contributed by atoms with Crippen LogP contribution in [0, 0.1) is 42.9 Å². The predicted molar refractivity (Wildman–Crippen MR) is 164 cm³/mol. The SMILES string of the molecule is C/C=c1/c(C)nnc(NCc2cccc(C#N)c2C)/c1=C/C(=C/CC)N1CC(CC)C(CCCC(C)CC)C1. The molecule has 1 aliphatic heterocycles. The van der Waals surface area contributed by atoms with Gasteiger partial charge in [-0.15, -0.1) is 5.10 Å². The van der Waals surface area contributed by atoms with Crippen LogP contribution in [0.3, 0.4) is 0 Å². The van der Waals surface area contributed by atoms with E-state index in [0.29, 0.717) is 12.1 Å². The molecular formula is C34H49N5. The summed E-state index contributed by atoms with van der Waals surface area (Å²) in [6.07, 6.45) is 14.4. The first kappa shape index (κ1) is 30.4. The van der Waals surface area contributed by atoms with E-state index in [1.165, 1.54) is 37.8 Å². The van der Waals surface area contributed by atoms with Gasteiger partial charge in [0.15, 0.2) is 5.82 Å². The van der Waals surface area contributed by atoms with E-state index in [2.05, 4.69) is 85.4 Å². The highest BCUT2D eigenvalue weighted by Crippen LogP contribution is 2.33. The van der Waals surface area contributed by atoms with Gasteiger partial charge >= 0.3 is 0 Å². The quantitative estimate of drug-likeness (QED) is 0.336. The molecule has 3 rings (SSSR count). The van der Waals surface area contributed by atoms with E-state index in [9.17, 15) is 5.26 Å². The summed E-state index contributed by atoms with van der Waals surface area (Å²) in [5.41, 5.74) is 5.04. The number of hydrogen-bond acceptors (Lipinski definition) is 5. The Morgan fingerprint density at radius 3 is 2.59 bits per heavy atom. The third kappa shape index (κ3) is 7.72. The van der Waals surface area contributed by atoms with Crippen molar-refractivity contribution in [2.45, 2.75) is 93.5 Å². The summed E-state index contributed by atoms with van der Waals surface area (Å²) in [6.45, 7) is 18.2. The average Bonchev–Trinajstić information content (AvgIpc) is 3.36. The molecule has 1 aromatic carbocycles. The van der Waals surface area contributed by atoms with Gasteiger partial charge < -0.3 is 10.2 Å². The second-order valence-corrected chi connectivity index (χ2v) is 11.3. The van der Waals surface area contributed by atoms with Gasteiger partial charge in [-0.25, -0.2) is 0 Å². The molecule has 210 valence electrons. The monoisotopic (exact) mass is 527 g/mol. The molecule has 0 radical (unpaired) electrons. The van der Waals surface area contributed by atoms with Crippen molar-refractivity contribution >= 4 is 18.0 Å².